The molecule has 0 saturated carbocycles. The molecular weight excluding hydrogens is 180 g/mol. The molecule has 0 spiro atoms. The van der Waals surface area contributed by atoms with Crippen molar-refractivity contribution in [1.29, 1.82) is 0 Å². The Hall–Kier alpha value is 0.137. The van der Waals surface area contributed by atoms with E-state index in [2.05, 4.69) is 19.6 Å². The van der Waals surface area contributed by atoms with E-state index in [0.717, 1.165) is 6.61 Å². The Bertz CT molecular complexity index is 121. The monoisotopic (exact) mass is 204 g/mol. The van der Waals surface area contributed by atoms with Gasteiger partial charge < -0.3 is 9.84 Å². The van der Waals surface area contributed by atoms with E-state index in [4.69, 9.17) is 9.84 Å². The summed E-state index contributed by atoms with van der Waals surface area (Å²) in [5.41, 5.74) is 0. The molecule has 0 amide bonds. The lowest BCUT2D eigenvalue weighted by Crippen LogP contribution is -2.20. The number of rotatable bonds is 7. The normalized spacial score (nSPS) is 14.5. The summed E-state index contributed by atoms with van der Waals surface area (Å²) in [5.74, 6) is 0.284. The number of hydrogen-bond acceptors (Lipinski definition) is 2. The minimum atomic E-state index is -0.872. The molecule has 3 heteroatoms. The molecule has 0 fully saturated rings. The number of ether oxygens (including phenoxy) is 1. The van der Waals surface area contributed by atoms with Crippen LogP contribution in [0.1, 0.15) is 13.3 Å². The maximum Gasteiger partial charge on any atom is 0.0513 e. The van der Waals surface area contributed by atoms with Gasteiger partial charge >= 0.3 is 0 Å². The second kappa shape index (κ2) is 6.57. The first-order chi connectivity index (χ1) is 5.95. The topological polar surface area (TPSA) is 29.5 Å². The maximum atomic E-state index is 8.75. The Morgan fingerprint density at radius 1 is 1.31 bits per heavy atom. The molecule has 0 aliphatic rings. The molecule has 0 aromatic carbocycles. The molecule has 0 aromatic rings. The van der Waals surface area contributed by atoms with E-state index in [1.165, 1.54) is 12.5 Å². The van der Waals surface area contributed by atoms with Crippen LogP contribution in [0, 0.1) is 5.92 Å². The summed E-state index contributed by atoms with van der Waals surface area (Å²) in [6.07, 6.45) is 1.17. The Labute approximate surface area is 83.3 Å². The SMILES string of the molecule is CC(CO)COCCC[Si](C)(C)C. The Balaban J connectivity index is 3.18. The molecule has 1 atom stereocenters. The van der Waals surface area contributed by atoms with Crippen LogP contribution in [0.5, 0.6) is 0 Å². The molecule has 1 unspecified atom stereocenters. The van der Waals surface area contributed by atoms with Gasteiger partial charge in [0.2, 0.25) is 0 Å². The Kier molecular flexibility index (Phi) is 6.64. The lowest BCUT2D eigenvalue weighted by Gasteiger charge is -2.15. The van der Waals surface area contributed by atoms with Crippen molar-refractivity contribution in [2.24, 2.45) is 5.92 Å². The van der Waals surface area contributed by atoms with Crippen LogP contribution in [0.2, 0.25) is 25.7 Å². The summed E-state index contributed by atoms with van der Waals surface area (Å²) in [4.78, 5) is 0. The van der Waals surface area contributed by atoms with Gasteiger partial charge in [-0.1, -0.05) is 32.6 Å². The summed E-state index contributed by atoms with van der Waals surface area (Å²) < 4.78 is 5.44. The molecule has 0 heterocycles. The summed E-state index contributed by atoms with van der Waals surface area (Å²) in [5, 5.41) is 8.75. The van der Waals surface area contributed by atoms with Gasteiger partial charge in [0, 0.05) is 27.2 Å². The predicted octanol–water partition coefficient (Wildman–Crippen LogP) is 2.36. The first-order valence-corrected chi connectivity index (χ1v) is 8.85. The van der Waals surface area contributed by atoms with Crippen molar-refractivity contribution < 1.29 is 9.84 Å². The van der Waals surface area contributed by atoms with Gasteiger partial charge in [-0.3, -0.25) is 0 Å². The molecule has 0 aliphatic heterocycles. The van der Waals surface area contributed by atoms with Crippen LogP contribution in [0.25, 0.3) is 0 Å². The van der Waals surface area contributed by atoms with Crippen molar-refractivity contribution in [1.82, 2.24) is 0 Å². The van der Waals surface area contributed by atoms with Crippen LogP contribution in [0.4, 0.5) is 0 Å². The zero-order chi connectivity index (χ0) is 10.3. The van der Waals surface area contributed by atoms with E-state index in [0.29, 0.717) is 6.61 Å². The molecule has 2 nitrogen and oxygen atoms in total. The van der Waals surface area contributed by atoms with Gasteiger partial charge in [0.25, 0.3) is 0 Å². The van der Waals surface area contributed by atoms with Crippen LogP contribution in [0.3, 0.4) is 0 Å². The zero-order valence-corrected chi connectivity index (χ0v) is 10.5. The average molecular weight is 204 g/mol. The second-order valence-corrected chi connectivity index (χ2v) is 10.6. The molecule has 80 valence electrons. The number of aliphatic hydroxyl groups is 1. The largest absolute Gasteiger partial charge is 0.396 e. The highest BCUT2D eigenvalue weighted by molar-refractivity contribution is 6.76. The van der Waals surface area contributed by atoms with Gasteiger partial charge in [-0.2, -0.15) is 0 Å². The fourth-order valence-corrected chi connectivity index (χ4v) is 2.25. The maximum absolute atomic E-state index is 8.75. The third kappa shape index (κ3) is 10.1. The first kappa shape index (κ1) is 13.1. The van der Waals surface area contributed by atoms with Crippen LogP contribution in [-0.2, 0) is 4.74 Å². The van der Waals surface area contributed by atoms with Crippen LogP contribution in [-0.4, -0.2) is 33.0 Å². The van der Waals surface area contributed by atoms with Crippen molar-refractivity contribution in [2.45, 2.75) is 39.0 Å². The standard InChI is InChI=1S/C10H24O2Si/c1-10(8-11)9-12-6-5-7-13(2,3)4/h10-11H,5-9H2,1-4H3. The van der Waals surface area contributed by atoms with E-state index in [1.807, 2.05) is 6.92 Å². The van der Waals surface area contributed by atoms with Crippen LogP contribution >= 0.6 is 0 Å². The molecule has 0 aromatic heterocycles. The minimum Gasteiger partial charge on any atom is -0.396 e. The van der Waals surface area contributed by atoms with Crippen molar-refractivity contribution in [2.75, 3.05) is 19.8 Å². The minimum absolute atomic E-state index is 0.230. The fourth-order valence-electron chi connectivity index (χ4n) is 1.04. The molecule has 0 aliphatic carbocycles. The third-order valence-corrected chi connectivity index (χ3v) is 3.78. The van der Waals surface area contributed by atoms with Crippen LogP contribution < -0.4 is 0 Å². The van der Waals surface area contributed by atoms with Gasteiger partial charge in [0.05, 0.1) is 6.61 Å². The third-order valence-electron chi connectivity index (χ3n) is 1.93. The van der Waals surface area contributed by atoms with Gasteiger partial charge in [-0.05, 0) is 6.42 Å². The predicted molar refractivity (Wildman–Crippen MR) is 59.8 cm³/mol. The smallest absolute Gasteiger partial charge is 0.0513 e. The highest BCUT2D eigenvalue weighted by Crippen LogP contribution is 2.10. The summed E-state index contributed by atoms with van der Waals surface area (Å²) in [6, 6.07) is 1.33. The second-order valence-electron chi connectivity index (χ2n) is 5.03. The number of hydrogen-bond donors (Lipinski definition) is 1. The molecule has 13 heavy (non-hydrogen) atoms. The van der Waals surface area contributed by atoms with E-state index >= 15 is 0 Å². The fraction of sp³-hybridized carbons (Fsp3) is 1.00. The van der Waals surface area contributed by atoms with Crippen molar-refractivity contribution in [3.63, 3.8) is 0 Å². The summed E-state index contributed by atoms with van der Waals surface area (Å²) in [6.45, 7) is 10.9. The van der Waals surface area contributed by atoms with Gasteiger partial charge in [0.15, 0.2) is 0 Å². The van der Waals surface area contributed by atoms with Crippen molar-refractivity contribution >= 4 is 8.07 Å². The summed E-state index contributed by atoms with van der Waals surface area (Å²) in [7, 11) is -0.872. The van der Waals surface area contributed by atoms with E-state index in [1.54, 1.807) is 0 Å². The van der Waals surface area contributed by atoms with E-state index < -0.39 is 8.07 Å². The number of aliphatic hydroxyl groups excluding tert-OH is 1. The lowest BCUT2D eigenvalue weighted by atomic mass is 10.2. The zero-order valence-electron chi connectivity index (χ0n) is 9.47. The Morgan fingerprint density at radius 2 is 1.92 bits per heavy atom. The lowest BCUT2D eigenvalue weighted by molar-refractivity contribution is 0.0803. The van der Waals surface area contributed by atoms with Crippen molar-refractivity contribution in [3.05, 3.63) is 0 Å². The van der Waals surface area contributed by atoms with E-state index in [9.17, 15) is 0 Å². The molecule has 0 radical (unpaired) electrons. The highest BCUT2D eigenvalue weighted by Gasteiger charge is 2.11. The first-order valence-electron chi connectivity index (χ1n) is 5.14. The quantitative estimate of drug-likeness (QED) is 0.509. The summed E-state index contributed by atoms with van der Waals surface area (Å²) >= 11 is 0. The Morgan fingerprint density at radius 3 is 2.38 bits per heavy atom. The van der Waals surface area contributed by atoms with Crippen molar-refractivity contribution in [3.8, 4) is 0 Å². The van der Waals surface area contributed by atoms with Gasteiger partial charge in [-0.15, -0.1) is 0 Å². The van der Waals surface area contributed by atoms with Gasteiger partial charge in [0.1, 0.15) is 0 Å². The van der Waals surface area contributed by atoms with Crippen LogP contribution in [0.15, 0.2) is 0 Å². The van der Waals surface area contributed by atoms with E-state index in [-0.39, 0.29) is 12.5 Å². The molecule has 0 saturated heterocycles. The average Bonchev–Trinajstić information content (AvgIpc) is 2.01. The molecular formula is C10H24O2Si. The molecule has 0 bridgehead atoms. The highest BCUT2D eigenvalue weighted by atomic mass is 28.3. The molecule has 0 rings (SSSR count). The molecule has 1 N–H and O–H groups in total. The van der Waals surface area contributed by atoms with Gasteiger partial charge in [-0.25, -0.2) is 0 Å².